The van der Waals surface area contributed by atoms with Gasteiger partial charge in [-0.05, 0) is 59.4 Å². The molecule has 0 spiro atoms. The van der Waals surface area contributed by atoms with Crippen molar-refractivity contribution >= 4 is 17.5 Å². The molecule has 0 saturated heterocycles. The summed E-state index contributed by atoms with van der Waals surface area (Å²) in [7, 11) is 1.66. The van der Waals surface area contributed by atoms with Crippen LogP contribution in [-0.2, 0) is 16.1 Å². The second kappa shape index (κ2) is 8.00. The van der Waals surface area contributed by atoms with E-state index in [0.717, 1.165) is 24.2 Å². The number of ether oxygens (including phenoxy) is 2. The highest BCUT2D eigenvalue weighted by Crippen LogP contribution is 2.65. The Morgan fingerprint density at radius 2 is 1.83 bits per heavy atom. The number of ketones is 1. The number of fused-ring (bicyclic) bond motifs is 2. The van der Waals surface area contributed by atoms with Gasteiger partial charge in [0.05, 0.1) is 19.1 Å². The zero-order chi connectivity index (χ0) is 20.5. The number of hydrogen-bond donors (Lipinski definition) is 0. The molecule has 4 rings (SSSR count). The predicted octanol–water partition coefficient (Wildman–Crippen LogP) is 5.89. The lowest BCUT2D eigenvalue weighted by molar-refractivity contribution is -0.138. The quantitative estimate of drug-likeness (QED) is 0.535. The first-order valence-electron chi connectivity index (χ1n) is 10.2. The van der Waals surface area contributed by atoms with Crippen molar-refractivity contribution < 1.29 is 14.3 Å². The van der Waals surface area contributed by atoms with Crippen molar-refractivity contribution in [2.45, 2.75) is 44.3 Å². The number of carbonyl (C=O) groups excluding carboxylic acids is 1. The topological polar surface area (TPSA) is 35.5 Å². The lowest BCUT2D eigenvalue weighted by Gasteiger charge is -2.33. The van der Waals surface area contributed by atoms with Crippen molar-refractivity contribution in [3.63, 3.8) is 0 Å². The number of benzene rings is 2. The second-order valence-corrected chi connectivity index (χ2v) is 9.50. The Hall–Kier alpha value is -2.04. The minimum atomic E-state index is -0.427. The van der Waals surface area contributed by atoms with Crippen molar-refractivity contribution in [1.82, 2.24) is 0 Å². The first-order chi connectivity index (χ1) is 14.0. The van der Waals surface area contributed by atoms with Crippen molar-refractivity contribution in [3.8, 4) is 5.75 Å². The number of allylic oxidation sites excluding steroid dienone is 1. The molecule has 3 nitrogen and oxygen atoms in total. The summed E-state index contributed by atoms with van der Waals surface area (Å²) in [6, 6.07) is 18.1. The zero-order valence-corrected chi connectivity index (χ0v) is 18.1. The first kappa shape index (κ1) is 20.2. The van der Waals surface area contributed by atoms with Gasteiger partial charge in [0.15, 0.2) is 5.78 Å². The monoisotopic (exact) mass is 408 g/mol. The highest BCUT2D eigenvalue weighted by Gasteiger charge is 2.68. The maximum absolute atomic E-state index is 13.5. The third-order valence-electron chi connectivity index (χ3n) is 6.88. The number of rotatable bonds is 7. The molecule has 2 aliphatic rings. The molecule has 29 heavy (non-hydrogen) atoms. The van der Waals surface area contributed by atoms with E-state index in [2.05, 4.69) is 37.5 Å². The molecule has 2 bridgehead atoms. The van der Waals surface area contributed by atoms with Gasteiger partial charge in [-0.15, -0.1) is 0 Å². The lowest BCUT2D eigenvalue weighted by Crippen LogP contribution is -2.37. The van der Waals surface area contributed by atoms with Gasteiger partial charge in [0, 0.05) is 4.90 Å². The van der Waals surface area contributed by atoms with Crippen LogP contribution in [0.3, 0.4) is 0 Å². The van der Waals surface area contributed by atoms with E-state index in [1.54, 1.807) is 18.9 Å². The van der Waals surface area contributed by atoms with E-state index in [1.807, 2.05) is 42.5 Å². The van der Waals surface area contributed by atoms with Crippen molar-refractivity contribution in [2.75, 3.05) is 7.11 Å². The highest BCUT2D eigenvalue weighted by molar-refractivity contribution is 8.02. The average Bonchev–Trinajstić information content (AvgIpc) is 3.08. The molecule has 0 aliphatic heterocycles. The first-order valence-corrected chi connectivity index (χ1v) is 11.0. The zero-order valence-electron chi connectivity index (χ0n) is 17.3. The maximum Gasteiger partial charge on any atom is 0.172 e. The van der Waals surface area contributed by atoms with Crippen LogP contribution in [0.5, 0.6) is 5.75 Å². The van der Waals surface area contributed by atoms with Crippen LogP contribution in [0.1, 0.15) is 32.3 Å². The van der Waals surface area contributed by atoms with Gasteiger partial charge in [-0.2, -0.15) is 0 Å². The summed E-state index contributed by atoms with van der Waals surface area (Å²) in [5, 5.41) is 2.10. The van der Waals surface area contributed by atoms with Crippen LogP contribution >= 0.6 is 11.8 Å². The van der Waals surface area contributed by atoms with Crippen LogP contribution in [0.2, 0.25) is 0 Å². The molecule has 0 unspecified atom stereocenters. The molecule has 0 aromatic heterocycles. The molecule has 2 saturated carbocycles. The van der Waals surface area contributed by atoms with E-state index < -0.39 is 5.41 Å². The van der Waals surface area contributed by atoms with Gasteiger partial charge in [-0.3, -0.25) is 4.79 Å². The molecule has 0 amide bonds. The van der Waals surface area contributed by atoms with Gasteiger partial charge in [0.2, 0.25) is 0 Å². The third-order valence-corrected chi connectivity index (χ3v) is 7.69. The molecule has 2 aromatic rings. The molecule has 152 valence electrons. The second-order valence-electron chi connectivity index (χ2n) is 8.52. The minimum absolute atomic E-state index is 0.0948. The summed E-state index contributed by atoms with van der Waals surface area (Å²) in [5.41, 5.74) is 0.537. The van der Waals surface area contributed by atoms with Gasteiger partial charge < -0.3 is 9.47 Å². The molecule has 4 heteroatoms. The van der Waals surface area contributed by atoms with Crippen LogP contribution in [0.4, 0.5) is 0 Å². The maximum atomic E-state index is 13.5. The molecular weight excluding hydrogens is 380 g/mol. The van der Waals surface area contributed by atoms with Gasteiger partial charge in [0.25, 0.3) is 0 Å². The van der Waals surface area contributed by atoms with E-state index in [-0.39, 0.29) is 23.2 Å². The fourth-order valence-corrected chi connectivity index (χ4v) is 5.78. The number of hydrogen-bond acceptors (Lipinski definition) is 4. The van der Waals surface area contributed by atoms with Crippen molar-refractivity contribution in [1.29, 1.82) is 0 Å². The minimum Gasteiger partial charge on any atom is -0.497 e. The Labute approximate surface area is 177 Å². The normalized spacial score (nSPS) is 27.6. The predicted molar refractivity (Wildman–Crippen MR) is 117 cm³/mol. The van der Waals surface area contributed by atoms with Crippen molar-refractivity contribution in [2.24, 2.45) is 16.7 Å². The lowest BCUT2D eigenvalue weighted by atomic mass is 9.69. The Balaban J connectivity index is 1.48. The van der Waals surface area contributed by atoms with E-state index in [9.17, 15) is 4.79 Å². The third kappa shape index (κ3) is 3.53. The summed E-state index contributed by atoms with van der Waals surface area (Å²) in [6.45, 7) is 4.92. The Kier molecular flexibility index (Phi) is 5.58. The van der Waals surface area contributed by atoms with E-state index in [1.165, 1.54) is 4.90 Å². The summed E-state index contributed by atoms with van der Waals surface area (Å²) in [5.74, 6) is 1.34. The fraction of sp³-hybridized carbons (Fsp3) is 0.400. The number of Topliss-reactive ketones (excluding diaryl/α,β-unsaturated/α-hetero) is 1. The molecule has 3 atom stereocenters. The van der Waals surface area contributed by atoms with Crippen LogP contribution in [0, 0.1) is 16.7 Å². The van der Waals surface area contributed by atoms with E-state index in [4.69, 9.17) is 9.47 Å². The van der Waals surface area contributed by atoms with Gasteiger partial charge in [-0.25, -0.2) is 0 Å². The molecular formula is C25H28O3S. The average molecular weight is 409 g/mol. The standard InChI is InChI=1S/C25H28O3S/c1-24(2)21-13-14-25(24,15-16-29-20-7-5-4-6-8-20)23(26)22(21)28-17-18-9-11-19(27-3)12-10-18/h4-12,15-16,21-22H,13-14,17H2,1-3H3/b16-15-/t21-,22+,25+/m1/s1. The number of methoxy groups -OCH3 is 1. The molecule has 2 aliphatic carbocycles. The molecule has 2 aromatic carbocycles. The molecule has 0 heterocycles. The smallest absolute Gasteiger partial charge is 0.172 e. The van der Waals surface area contributed by atoms with E-state index >= 15 is 0 Å². The Morgan fingerprint density at radius 1 is 1.10 bits per heavy atom. The highest BCUT2D eigenvalue weighted by atomic mass is 32.2. The Bertz CT molecular complexity index is 888. The van der Waals surface area contributed by atoms with Crippen LogP contribution in [-0.4, -0.2) is 19.0 Å². The van der Waals surface area contributed by atoms with E-state index in [0.29, 0.717) is 6.61 Å². The van der Waals surface area contributed by atoms with Crippen LogP contribution < -0.4 is 4.74 Å². The summed E-state index contributed by atoms with van der Waals surface area (Å²) < 4.78 is 11.4. The Morgan fingerprint density at radius 3 is 2.52 bits per heavy atom. The largest absolute Gasteiger partial charge is 0.497 e. The van der Waals surface area contributed by atoms with Gasteiger partial charge >= 0.3 is 0 Å². The summed E-state index contributed by atoms with van der Waals surface area (Å²) in [4.78, 5) is 14.6. The van der Waals surface area contributed by atoms with Gasteiger partial charge in [0.1, 0.15) is 11.9 Å². The number of thioether (sulfide) groups is 1. The number of carbonyl (C=O) groups is 1. The van der Waals surface area contributed by atoms with Gasteiger partial charge in [-0.1, -0.05) is 62.0 Å². The summed E-state index contributed by atoms with van der Waals surface area (Å²) in [6.07, 6.45) is 3.78. The SMILES string of the molecule is COc1ccc(CO[C@@H]2C(=O)[C@@]3(/C=C\Sc4ccccc4)CC[C@H]2C3(C)C)cc1. The fourth-order valence-electron chi connectivity index (χ4n) is 5.01. The molecule has 0 radical (unpaired) electrons. The van der Waals surface area contributed by atoms with Crippen LogP contribution in [0.25, 0.3) is 0 Å². The summed E-state index contributed by atoms with van der Waals surface area (Å²) >= 11 is 1.67. The molecule has 2 fully saturated rings. The molecule has 0 N–H and O–H groups in total. The van der Waals surface area contributed by atoms with Crippen molar-refractivity contribution in [3.05, 3.63) is 71.6 Å². The van der Waals surface area contributed by atoms with Crippen LogP contribution in [0.15, 0.2) is 71.0 Å².